The van der Waals surface area contributed by atoms with E-state index in [1.54, 1.807) is 29.8 Å². The van der Waals surface area contributed by atoms with Crippen LogP contribution in [0.25, 0.3) is 10.2 Å². The predicted octanol–water partition coefficient (Wildman–Crippen LogP) is 3.84. The first-order valence-electron chi connectivity index (χ1n) is 9.46. The lowest BCUT2D eigenvalue weighted by Crippen LogP contribution is -2.45. The van der Waals surface area contributed by atoms with Crippen molar-refractivity contribution in [2.24, 2.45) is 5.92 Å². The fraction of sp³-hybridized carbons (Fsp3) is 0.333. The molecule has 3 aromatic rings. The molecule has 0 aliphatic rings. The summed E-state index contributed by atoms with van der Waals surface area (Å²) in [6.45, 7) is 6.30. The zero-order valence-electron chi connectivity index (χ0n) is 16.6. The van der Waals surface area contributed by atoms with Gasteiger partial charge in [-0.25, -0.2) is 14.8 Å². The minimum Gasteiger partial charge on any atom is -0.480 e. The van der Waals surface area contributed by atoms with Gasteiger partial charge in [-0.2, -0.15) is 0 Å². The fourth-order valence-corrected chi connectivity index (χ4v) is 3.83. The first-order chi connectivity index (χ1) is 13.9. The van der Waals surface area contributed by atoms with E-state index in [0.29, 0.717) is 18.5 Å². The second-order valence-electron chi connectivity index (χ2n) is 7.02. The second kappa shape index (κ2) is 9.00. The van der Waals surface area contributed by atoms with E-state index in [1.807, 2.05) is 32.9 Å². The third-order valence-corrected chi connectivity index (χ3v) is 5.85. The number of hydrogen-bond donors (Lipinski definition) is 3. The summed E-state index contributed by atoms with van der Waals surface area (Å²) in [5, 5.41) is 16.3. The molecule has 0 aliphatic heterocycles. The number of aliphatic carboxylic acids is 1. The second-order valence-corrected chi connectivity index (χ2v) is 8.26. The number of hydrogen-bond acceptors (Lipinski definition) is 6. The topological polar surface area (TPSA) is 104 Å². The van der Waals surface area contributed by atoms with Crippen molar-refractivity contribution in [1.29, 1.82) is 0 Å². The standard InChI is InChI=1S/C21H24N4O3S/c1-4-12(2)17(21(27)28)25-19(26)15-7-5-14(6-8-15)10-22-18-16-9-13(3)29-20(16)24-11-23-18/h5-9,11-12,17H,4,10H2,1-3H3,(H,25,26)(H,27,28)(H,22,23,24). The normalized spacial score (nSPS) is 13.1. The number of carbonyl (C=O) groups is 2. The van der Waals surface area contributed by atoms with Gasteiger partial charge in [-0.15, -0.1) is 11.3 Å². The monoisotopic (exact) mass is 412 g/mol. The van der Waals surface area contributed by atoms with Crippen LogP contribution in [0.2, 0.25) is 0 Å². The van der Waals surface area contributed by atoms with Crippen molar-refractivity contribution < 1.29 is 14.7 Å². The molecular weight excluding hydrogens is 388 g/mol. The van der Waals surface area contributed by atoms with Crippen LogP contribution in [-0.2, 0) is 11.3 Å². The number of carboxylic acids is 1. The molecule has 3 rings (SSSR count). The van der Waals surface area contributed by atoms with E-state index in [2.05, 4.69) is 26.7 Å². The van der Waals surface area contributed by atoms with Gasteiger partial charge in [0, 0.05) is 17.0 Å². The predicted molar refractivity (Wildman–Crippen MR) is 114 cm³/mol. The average molecular weight is 413 g/mol. The quantitative estimate of drug-likeness (QED) is 0.519. The number of nitrogens with one attached hydrogen (secondary N) is 2. The Morgan fingerprint density at radius 1 is 1.21 bits per heavy atom. The summed E-state index contributed by atoms with van der Waals surface area (Å²) >= 11 is 1.63. The Hall–Kier alpha value is -3.00. The maximum absolute atomic E-state index is 12.4. The molecule has 2 atom stereocenters. The Bertz CT molecular complexity index is 1020. The van der Waals surface area contributed by atoms with Crippen molar-refractivity contribution in [3.63, 3.8) is 0 Å². The molecule has 3 N–H and O–H groups in total. The van der Waals surface area contributed by atoms with Gasteiger partial charge in [-0.3, -0.25) is 4.79 Å². The molecule has 0 radical (unpaired) electrons. The van der Waals surface area contributed by atoms with Crippen molar-refractivity contribution in [2.75, 3.05) is 5.32 Å². The highest BCUT2D eigenvalue weighted by atomic mass is 32.1. The Balaban J connectivity index is 1.65. The van der Waals surface area contributed by atoms with Crippen LogP contribution < -0.4 is 10.6 Å². The fourth-order valence-electron chi connectivity index (χ4n) is 2.98. The molecule has 0 fully saturated rings. The van der Waals surface area contributed by atoms with Crippen LogP contribution in [0.3, 0.4) is 0 Å². The lowest BCUT2D eigenvalue weighted by Gasteiger charge is -2.20. The summed E-state index contributed by atoms with van der Waals surface area (Å²) in [4.78, 5) is 34.5. The Kier molecular flexibility index (Phi) is 6.43. The molecule has 1 aromatic carbocycles. The van der Waals surface area contributed by atoms with Gasteiger partial charge in [0.1, 0.15) is 23.0 Å². The van der Waals surface area contributed by atoms with Gasteiger partial charge in [0.25, 0.3) is 5.91 Å². The molecule has 0 bridgehead atoms. The van der Waals surface area contributed by atoms with Gasteiger partial charge >= 0.3 is 5.97 Å². The number of aryl methyl sites for hydroxylation is 1. The number of thiophene rings is 1. The lowest BCUT2D eigenvalue weighted by molar-refractivity contribution is -0.140. The van der Waals surface area contributed by atoms with Crippen LogP contribution in [0.4, 0.5) is 5.82 Å². The van der Waals surface area contributed by atoms with E-state index in [9.17, 15) is 14.7 Å². The summed E-state index contributed by atoms with van der Waals surface area (Å²) in [6, 6.07) is 8.25. The van der Waals surface area contributed by atoms with Crippen LogP contribution in [0, 0.1) is 12.8 Å². The van der Waals surface area contributed by atoms with Gasteiger partial charge in [0.15, 0.2) is 0 Å². The number of carboxylic acid groups (broad SMARTS) is 1. The SMILES string of the molecule is CCC(C)C(NC(=O)c1ccc(CNc2ncnc3sc(C)cc23)cc1)C(=O)O. The van der Waals surface area contributed by atoms with Gasteiger partial charge in [-0.05, 0) is 36.6 Å². The number of anilines is 1. The molecular formula is C21H24N4O3S. The van der Waals surface area contributed by atoms with Crippen molar-refractivity contribution in [1.82, 2.24) is 15.3 Å². The van der Waals surface area contributed by atoms with Crippen LogP contribution in [0.5, 0.6) is 0 Å². The van der Waals surface area contributed by atoms with E-state index in [-0.39, 0.29) is 11.8 Å². The number of carbonyl (C=O) groups excluding carboxylic acids is 1. The summed E-state index contributed by atoms with van der Waals surface area (Å²) in [6.07, 6.45) is 2.21. The van der Waals surface area contributed by atoms with E-state index < -0.39 is 12.0 Å². The van der Waals surface area contributed by atoms with Crippen molar-refractivity contribution >= 4 is 39.2 Å². The number of benzene rings is 1. The Morgan fingerprint density at radius 3 is 2.59 bits per heavy atom. The number of aromatic nitrogens is 2. The van der Waals surface area contributed by atoms with Crippen molar-refractivity contribution in [3.8, 4) is 0 Å². The number of nitrogens with zero attached hydrogens (tertiary/aromatic N) is 2. The minimum absolute atomic E-state index is 0.148. The Labute approximate surface area is 173 Å². The van der Waals surface area contributed by atoms with Gasteiger partial charge in [0.05, 0.1) is 5.39 Å². The molecule has 7 nitrogen and oxygen atoms in total. The highest BCUT2D eigenvalue weighted by Crippen LogP contribution is 2.27. The molecule has 2 heterocycles. The molecule has 8 heteroatoms. The minimum atomic E-state index is -1.02. The number of fused-ring (bicyclic) bond motifs is 1. The number of rotatable bonds is 8. The summed E-state index contributed by atoms with van der Waals surface area (Å²) in [5.41, 5.74) is 1.41. The third-order valence-electron chi connectivity index (χ3n) is 4.89. The first-order valence-corrected chi connectivity index (χ1v) is 10.3. The van der Waals surface area contributed by atoms with Crippen LogP contribution >= 0.6 is 11.3 Å². The maximum Gasteiger partial charge on any atom is 0.326 e. The molecule has 2 unspecified atom stereocenters. The Morgan fingerprint density at radius 2 is 1.93 bits per heavy atom. The molecule has 1 amide bonds. The molecule has 0 aliphatic carbocycles. The van der Waals surface area contributed by atoms with Gasteiger partial charge in [-0.1, -0.05) is 32.4 Å². The highest BCUT2D eigenvalue weighted by Gasteiger charge is 2.25. The summed E-state index contributed by atoms with van der Waals surface area (Å²) in [7, 11) is 0. The van der Waals surface area contributed by atoms with Gasteiger partial charge in [0.2, 0.25) is 0 Å². The third kappa shape index (κ3) is 4.89. The first kappa shape index (κ1) is 20.7. The van der Waals surface area contributed by atoms with Crippen LogP contribution in [0.1, 0.15) is 41.1 Å². The molecule has 2 aromatic heterocycles. The zero-order valence-corrected chi connectivity index (χ0v) is 17.4. The summed E-state index contributed by atoms with van der Waals surface area (Å²) < 4.78 is 0. The molecule has 0 saturated heterocycles. The largest absolute Gasteiger partial charge is 0.480 e. The van der Waals surface area contributed by atoms with Crippen molar-refractivity contribution in [3.05, 3.63) is 52.7 Å². The molecule has 152 valence electrons. The van der Waals surface area contributed by atoms with Crippen LogP contribution in [-0.4, -0.2) is 33.0 Å². The van der Waals surface area contributed by atoms with E-state index in [0.717, 1.165) is 21.6 Å². The smallest absolute Gasteiger partial charge is 0.326 e. The van der Waals surface area contributed by atoms with E-state index in [4.69, 9.17) is 0 Å². The van der Waals surface area contributed by atoms with Gasteiger partial charge < -0.3 is 15.7 Å². The maximum atomic E-state index is 12.4. The molecule has 0 spiro atoms. The van der Waals surface area contributed by atoms with E-state index >= 15 is 0 Å². The highest BCUT2D eigenvalue weighted by molar-refractivity contribution is 7.18. The molecule has 0 saturated carbocycles. The van der Waals surface area contributed by atoms with E-state index in [1.165, 1.54) is 4.88 Å². The summed E-state index contributed by atoms with van der Waals surface area (Å²) in [5.74, 6) is -0.777. The molecule has 29 heavy (non-hydrogen) atoms. The van der Waals surface area contributed by atoms with Crippen molar-refractivity contribution in [2.45, 2.75) is 39.8 Å². The number of amides is 1. The van der Waals surface area contributed by atoms with Crippen LogP contribution in [0.15, 0.2) is 36.7 Å². The zero-order chi connectivity index (χ0) is 21.0. The lowest BCUT2D eigenvalue weighted by atomic mass is 9.99. The average Bonchev–Trinajstić information content (AvgIpc) is 3.10.